The number of morpholine rings is 1. The van der Waals surface area contributed by atoms with Gasteiger partial charge in [-0.25, -0.2) is 9.78 Å². The molecule has 8 heteroatoms. The number of aromatic nitrogens is 2. The van der Waals surface area contributed by atoms with Crippen LogP contribution < -0.4 is 5.32 Å². The van der Waals surface area contributed by atoms with E-state index in [1.165, 1.54) is 11.5 Å². The summed E-state index contributed by atoms with van der Waals surface area (Å²) in [5, 5.41) is 12.4. The molecule has 0 bridgehead atoms. The number of anilines is 1. The van der Waals surface area contributed by atoms with Crippen molar-refractivity contribution in [1.29, 1.82) is 0 Å². The summed E-state index contributed by atoms with van der Waals surface area (Å²) < 4.78 is 9.69. The van der Waals surface area contributed by atoms with Gasteiger partial charge >= 0.3 is 6.03 Å². The van der Waals surface area contributed by atoms with Crippen LogP contribution in [0, 0.1) is 0 Å². The van der Waals surface area contributed by atoms with Crippen molar-refractivity contribution in [1.82, 2.24) is 14.3 Å². The van der Waals surface area contributed by atoms with Crippen LogP contribution in [0.3, 0.4) is 0 Å². The van der Waals surface area contributed by atoms with Gasteiger partial charge in [-0.2, -0.15) is 4.37 Å². The molecule has 2 unspecified atom stereocenters. The average molecular weight is 300 g/mol. The minimum atomic E-state index is -0.324. The van der Waals surface area contributed by atoms with Crippen molar-refractivity contribution in [3.63, 3.8) is 0 Å². The van der Waals surface area contributed by atoms with E-state index < -0.39 is 0 Å². The number of ether oxygens (including phenoxy) is 1. The minimum Gasteiger partial charge on any atom is -0.394 e. The Hall–Kier alpha value is -1.25. The van der Waals surface area contributed by atoms with Crippen molar-refractivity contribution in [2.45, 2.75) is 38.9 Å². The molecule has 2 atom stereocenters. The van der Waals surface area contributed by atoms with Crippen LogP contribution in [0.4, 0.5) is 9.93 Å². The minimum absolute atomic E-state index is 0.0864. The number of urea groups is 1. The Bertz CT molecular complexity index is 454. The maximum atomic E-state index is 12.2. The lowest BCUT2D eigenvalue weighted by atomic mass is 10.2. The molecule has 0 saturated carbocycles. The zero-order valence-electron chi connectivity index (χ0n) is 11.7. The van der Waals surface area contributed by atoms with E-state index in [0.29, 0.717) is 18.2 Å². The molecule has 1 aliphatic rings. The Morgan fingerprint density at radius 2 is 2.40 bits per heavy atom. The zero-order chi connectivity index (χ0) is 14.5. The molecule has 1 aromatic heterocycles. The second kappa shape index (κ2) is 6.96. The van der Waals surface area contributed by atoms with Crippen molar-refractivity contribution >= 4 is 22.7 Å². The van der Waals surface area contributed by atoms with E-state index in [2.05, 4.69) is 21.6 Å². The Morgan fingerprint density at radius 3 is 3.10 bits per heavy atom. The van der Waals surface area contributed by atoms with Crippen molar-refractivity contribution in [2.24, 2.45) is 0 Å². The van der Waals surface area contributed by atoms with E-state index in [0.717, 1.165) is 18.7 Å². The first-order valence-electron chi connectivity index (χ1n) is 6.77. The van der Waals surface area contributed by atoms with E-state index in [9.17, 15) is 4.79 Å². The third kappa shape index (κ3) is 3.87. The molecule has 1 fully saturated rings. The molecule has 2 rings (SSSR count). The fourth-order valence-electron chi connectivity index (χ4n) is 2.11. The molecule has 20 heavy (non-hydrogen) atoms. The number of aryl methyl sites for hydroxylation is 1. The number of amides is 2. The van der Waals surface area contributed by atoms with Gasteiger partial charge in [0.1, 0.15) is 5.82 Å². The number of nitrogens with zero attached hydrogens (tertiary/aromatic N) is 3. The summed E-state index contributed by atoms with van der Waals surface area (Å²) in [5.74, 6) is 0.761. The number of aliphatic hydroxyl groups excluding tert-OH is 1. The van der Waals surface area contributed by atoms with Crippen molar-refractivity contribution in [2.75, 3.05) is 25.0 Å². The Labute approximate surface area is 122 Å². The van der Waals surface area contributed by atoms with Gasteiger partial charge in [0, 0.05) is 24.5 Å². The van der Waals surface area contributed by atoms with Crippen molar-refractivity contribution in [3.8, 4) is 0 Å². The van der Waals surface area contributed by atoms with E-state index in [4.69, 9.17) is 9.84 Å². The quantitative estimate of drug-likeness (QED) is 0.869. The highest BCUT2D eigenvalue weighted by molar-refractivity contribution is 7.09. The summed E-state index contributed by atoms with van der Waals surface area (Å²) in [6.07, 6.45) is 1.38. The summed E-state index contributed by atoms with van der Waals surface area (Å²) in [6, 6.07) is -0.224. The van der Waals surface area contributed by atoms with E-state index in [1.54, 1.807) is 4.90 Å². The summed E-state index contributed by atoms with van der Waals surface area (Å²) >= 11 is 1.19. The van der Waals surface area contributed by atoms with Crippen LogP contribution in [-0.4, -0.2) is 57.3 Å². The first-order valence-corrected chi connectivity index (χ1v) is 7.54. The zero-order valence-corrected chi connectivity index (χ0v) is 12.5. The van der Waals surface area contributed by atoms with Crippen LogP contribution >= 0.6 is 11.5 Å². The standard InChI is InChI=1S/C12H20N4O3S/c1-3-4-10-13-11(20-15-10)14-12(18)16-5-8(2)19-9(6-16)7-17/h8-9,17H,3-7H2,1-2H3,(H,13,14,15,18). The highest BCUT2D eigenvalue weighted by Gasteiger charge is 2.28. The number of rotatable bonds is 4. The largest absolute Gasteiger partial charge is 0.394 e. The Kier molecular flexibility index (Phi) is 5.27. The molecule has 1 aliphatic heterocycles. The number of aliphatic hydroxyl groups is 1. The SMILES string of the molecule is CCCc1nsc(NC(=O)N2CC(C)OC(CO)C2)n1. The molecule has 0 aliphatic carbocycles. The lowest BCUT2D eigenvalue weighted by Gasteiger charge is -2.35. The maximum absolute atomic E-state index is 12.2. The molecule has 2 amide bonds. The third-order valence-electron chi connectivity index (χ3n) is 2.97. The van der Waals surface area contributed by atoms with E-state index in [-0.39, 0.29) is 24.8 Å². The first kappa shape index (κ1) is 15.1. The number of nitrogens with one attached hydrogen (secondary N) is 1. The van der Waals surface area contributed by atoms with E-state index in [1.807, 2.05) is 6.92 Å². The lowest BCUT2D eigenvalue weighted by Crippen LogP contribution is -2.51. The van der Waals surface area contributed by atoms with Gasteiger partial charge in [-0.15, -0.1) is 0 Å². The summed E-state index contributed by atoms with van der Waals surface area (Å²) in [6.45, 7) is 4.74. The van der Waals surface area contributed by atoms with Gasteiger partial charge < -0.3 is 14.7 Å². The average Bonchev–Trinajstić information content (AvgIpc) is 2.85. The highest BCUT2D eigenvalue weighted by Crippen LogP contribution is 2.15. The molecule has 112 valence electrons. The third-order valence-corrected chi connectivity index (χ3v) is 3.64. The second-order valence-electron chi connectivity index (χ2n) is 4.85. The molecular weight excluding hydrogens is 280 g/mol. The van der Waals surface area contributed by atoms with Crippen LogP contribution in [0.2, 0.25) is 0 Å². The van der Waals surface area contributed by atoms with Crippen LogP contribution in [0.5, 0.6) is 0 Å². The van der Waals surface area contributed by atoms with Gasteiger partial charge in [-0.05, 0) is 13.3 Å². The summed E-state index contributed by atoms with van der Waals surface area (Å²) in [7, 11) is 0. The van der Waals surface area contributed by atoms with Gasteiger partial charge in [0.2, 0.25) is 5.13 Å². The monoisotopic (exact) mass is 300 g/mol. The number of carbonyl (C=O) groups is 1. The first-order chi connectivity index (χ1) is 9.62. The lowest BCUT2D eigenvalue weighted by molar-refractivity contribution is -0.0822. The molecule has 2 heterocycles. The number of carbonyl (C=O) groups excluding carboxylic acids is 1. The topological polar surface area (TPSA) is 87.6 Å². The van der Waals surface area contributed by atoms with Crippen molar-refractivity contribution in [3.05, 3.63) is 5.82 Å². The Balaban J connectivity index is 1.92. The van der Waals surface area contributed by atoms with Gasteiger partial charge in [0.25, 0.3) is 0 Å². The smallest absolute Gasteiger partial charge is 0.323 e. The molecule has 0 radical (unpaired) electrons. The fraction of sp³-hybridized carbons (Fsp3) is 0.750. The predicted molar refractivity (Wildman–Crippen MR) is 75.9 cm³/mol. The van der Waals surface area contributed by atoms with Crippen LogP contribution in [0.15, 0.2) is 0 Å². The van der Waals surface area contributed by atoms with Crippen LogP contribution in [0.1, 0.15) is 26.1 Å². The fourth-order valence-corrected chi connectivity index (χ4v) is 2.72. The van der Waals surface area contributed by atoms with Gasteiger partial charge in [0.05, 0.1) is 25.4 Å². The molecule has 1 aromatic rings. The van der Waals surface area contributed by atoms with Crippen molar-refractivity contribution < 1.29 is 14.6 Å². The Morgan fingerprint density at radius 1 is 1.60 bits per heavy atom. The van der Waals surface area contributed by atoms with Gasteiger partial charge in [-0.1, -0.05) is 6.92 Å². The number of hydrogen-bond acceptors (Lipinski definition) is 6. The van der Waals surface area contributed by atoms with E-state index >= 15 is 0 Å². The molecule has 0 aromatic carbocycles. The molecule has 7 nitrogen and oxygen atoms in total. The van der Waals surface area contributed by atoms with Gasteiger partial charge in [-0.3, -0.25) is 5.32 Å². The summed E-state index contributed by atoms with van der Waals surface area (Å²) in [4.78, 5) is 18.1. The molecule has 0 spiro atoms. The second-order valence-corrected chi connectivity index (χ2v) is 5.60. The molecule has 1 saturated heterocycles. The number of hydrogen-bond donors (Lipinski definition) is 2. The van der Waals surface area contributed by atoms with Crippen LogP contribution in [-0.2, 0) is 11.2 Å². The molecular formula is C12H20N4O3S. The normalized spacial score (nSPS) is 22.9. The maximum Gasteiger partial charge on any atom is 0.323 e. The predicted octanol–water partition coefficient (Wildman–Crippen LogP) is 1.10. The van der Waals surface area contributed by atoms with Crippen LogP contribution in [0.25, 0.3) is 0 Å². The summed E-state index contributed by atoms with van der Waals surface area (Å²) in [5.41, 5.74) is 0. The molecule has 2 N–H and O–H groups in total. The highest BCUT2D eigenvalue weighted by atomic mass is 32.1. The van der Waals surface area contributed by atoms with Gasteiger partial charge in [0.15, 0.2) is 0 Å².